The van der Waals surface area contributed by atoms with Crippen molar-refractivity contribution in [2.75, 3.05) is 0 Å². The second-order valence-electron chi connectivity index (χ2n) is 7.09. The molecule has 1 atom stereocenters. The Labute approximate surface area is 157 Å². The Hall–Kier alpha value is -1.87. The Bertz CT molecular complexity index is 943. The Balaban J connectivity index is 2.08. The van der Waals surface area contributed by atoms with Gasteiger partial charge in [-0.05, 0) is 69.9 Å². The van der Waals surface area contributed by atoms with Crippen LogP contribution in [0.2, 0.25) is 0 Å². The molecule has 0 spiro atoms. The molecular formula is C22H23BrO2. The molecular weight excluding hydrogens is 376 g/mol. The summed E-state index contributed by atoms with van der Waals surface area (Å²) in [5, 5.41) is 4.71. The van der Waals surface area contributed by atoms with E-state index in [0.717, 1.165) is 21.8 Å². The summed E-state index contributed by atoms with van der Waals surface area (Å²) >= 11 is 3.76. The minimum absolute atomic E-state index is 0.0950. The lowest BCUT2D eigenvalue weighted by molar-refractivity contribution is -0.162. The van der Waals surface area contributed by atoms with E-state index in [2.05, 4.69) is 52.3 Å². The van der Waals surface area contributed by atoms with Crippen LogP contribution in [0.4, 0.5) is 0 Å². The van der Waals surface area contributed by atoms with E-state index in [1.54, 1.807) is 0 Å². The van der Waals surface area contributed by atoms with Gasteiger partial charge in [-0.3, -0.25) is 4.79 Å². The van der Waals surface area contributed by atoms with Crippen LogP contribution >= 0.6 is 15.9 Å². The molecule has 0 N–H and O–H groups in total. The number of rotatable bonds is 4. The van der Waals surface area contributed by atoms with Crippen LogP contribution in [0.15, 0.2) is 53.0 Å². The van der Waals surface area contributed by atoms with Crippen LogP contribution in [0.5, 0.6) is 0 Å². The van der Waals surface area contributed by atoms with Crippen molar-refractivity contribution in [1.82, 2.24) is 0 Å². The Morgan fingerprint density at radius 2 is 1.72 bits per heavy atom. The fourth-order valence-corrected chi connectivity index (χ4v) is 3.97. The summed E-state index contributed by atoms with van der Waals surface area (Å²) in [6.07, 6.45) is 0.778. The van der Waals surface area contributed by atoms with Crippen molar-refractivity contribution in [2.45, 2.75) is 39.7 Å². The fraction of sp³-hybridized carbons (Fsp3) is 0.318. The van der Waals surface area contributed by atoms with Crippen LogP contribution in [-0.4, -0.2) is 5.97 Å². The lowest BCUT2D eigenvalue weighted by Crippen LogP contribution is -2.29. The largest absolute Gasteiger partial charge is 0.455 e. The van der Waals surface area contributed by atoms with Crippen molar-refractivity contribution in [2.24, 2.45) is 5.92 Å². The molecule has 2 nitrogen and oxygen atoms in total. The number of hydrogen-bond acceptors (Lipinski definition) is 2. The minimum atomic E-state index is -0.695. The van der Waals surface area contributed by atoms with Gasteiger partial charge in [0.05, 0.1) is 5.92 Å². The zero-order valence-corrected chi connectivity index (χ0v) is 16.7. The van der Waals surface area contributed by atoms with Crippen molar-refractivity contribution in [3.63, 3.8) is 0 Å². The highest BCUT2D eigenvalue weighted by atomic mass is 79.9. The smallest absolute Gasteiger partial charge is 0.309 e. The van der Waals surface area contributed by atoms with Crippen molar-refractivity contribution in [3.8, 4) is 0 Å². The maximum atomic E-state index is 12.3. The number of benzene rings is 3. The van der Waals surface area contributed by atoms with Gasteiger partial charge < -0.3 is 4.74 Å². The number of fused-ring (bicyclic) bond motifs is 2. The average Bonchev–Trinajstić information content (AvgIpc) is 2.59. The van der Waals surface area contributed by atoms with Crippen LogP contribution in [-0.2, 0) is 15.1 Å². The Morgan fingerprint density at radius 1 is 1.08 bits per heavy atom. The second kappa shape index (κ2) is 6.80. The van der Waals surface area contributed by atoms with E-state index in [4.69, 9.17) is 4.74 Å². The molecule has 0 fully saturated rings. The molecule has 0 bridgehead atoms. The predicted molar refractivity (Wildman–Crippen MR) is 108 cm³/mol. The number of hydrogen-bond donors (Lipinski definition) is 0. The Kier molecular flexibility index (Phi) is 4.88. The Morgan fingerprint density at radius 3 is 2.36 bits per heavy atom. The van der Waals surface area contributed by atoms with Crippen molar-refractivity contribution in [1.29, 1.82) is 0 Å². The number of esters is 1. The summed E-state index contributed by atoms with van der Waals surface area (Å²) in [6.45, 7) is 7.79. The summed E-state index contributed by atoms with van der Waals surface area (Å²) < 4.78 is 6.81. The molecule has 0 aliphatic heterocycles. The summed E-state index contributed by atoms with van der Waals surface area (Å²) in [5.74, 6) is -0.250. The normalized spacial score (nSPS) is 13.2. The molecule has 3 aromatic carbocycles. The van der Waals surface area contributed by atoms with Gasteiger partial charge in [0.1, 0.15) is 5.60 Å². The number of carbonyl (C=O) groups excluding carboxylic acids is 1. The van der Waals surface area contributed by atoms with Crippen molar-refractivity contribution < 1.29 is 9.53 Å². The van der Waals surface area contributed by atoms with E-state index >= 15 is 0 Å². The van der Waals surface area contributed by atoms with Crippen LogP contribution < -0.4 is 0 Å². The molecule has 3 rings (SSSR count). The maximum Gasteiger partial charge on any atom is 0.309 e. The number of carbonyl (C=O) groups is 1. The molecule has 0 aliphatic carbocycles. The quantitative estimate of drug-likeness (QED) is 0.366. The molecule has 0 amide bonds. The SMILES string of the molecule is CCC(C)C(=O)OC(C)(C)c1ccc2cc3ccccc3cc2c1Br. The van der Waals surface area contributed by atoms with Gasteiger partial charge in [-0.1, -0.05) is 50.2 Å². The molecule has 130 valence electrons. The summed E-state index contributed by atoms with van der Waals surface area (Å²) in [6, 6.07) is 16.9. The second-order valence-corrected chi connectivity index (χ2v) is 7.88. The number of halogens is 1. The highest BCUT2D eigenvalue weighted by Crippen LogP contribution is 2.38. The first-order valence-corrected chi connectivity index (χ1v) is 9.47. The van der Waals surface area contributed by atoms with Gasteiger partial charge >= 0.3 is 5.97 Å². The molecule has 3 heteroatoms. The molecule has 0 heterocycles. The lowest BCUT2D eigenvalue weighted by atomic mass is 9.93. The highest BCUT2D eigenvalue weighted by Gasteiger charge is 2.30. The van der Waals surface area contributed by atoms with Gasteiger partial charge in [-0.15, -0.1) is 0 Å². The zero-order chi connectivity index (χ0) is 18.2. The summed E-state index contributed by atoms with van der Waals surface area (Å²) in [5.41, 5.74) is 0.283. The van der Waals surface area contributed by atoms with E-state index in [9.17, 15) is 4.79 Å². The van der Waals surface area contributed by atoms with Crippen molar-refractivity contribution in [3.05, 3.63) is 58.6 Å². The third-order valence-electron chi connectivity index (χ3n) is 4.84. The van der Waals surface area contributed by atoms with Crippen LogP contribution in [0, 0.1) is 5.92 Å². The first-order valence-electron chi connectivity index (χ1n) is 8.68. The molecule has 0 aromatic heterocycles. The molecule has 0 radical (unpaired) electrons. The van der Waals surface area contributed by atoms with E-state index in [1.807, 2.05) is 39.8 Å². The van der Waals surface area contributed by atoms with E-state index < -0.39 is 5.60 Å². The van der Waals surface area contributed by atoms with Crippen LogP contribution in [0.3, 0.4) is 0 Å². The molecule has 25 heavy (non-hydrogen) atoms. The predicted octanol–water partition coefficient (Wildman–Crippen LogP) is 6.58. The van der Waals surface area contributed by atoms with Gasteiger partial charge in [-0.2, -0.15) is 0 Å². The van der Waals surface area contributed by atoms with Crippen LogP contribution in [0.25, 0.3) is 21.5 Å². The van der Waals surface area contributed by atoms with E-state index in [1.165, 1.54) is 16.2 Å². The first-order chi connectivity index (χ1) is 11.8. The molecule has 0 aliphatic rings. The third kappa shape index (κ3) is 3.43. The van der Waals surface area contributed by atoms with Gasteiger partial charge in [0, 0.05) is 10.0 Å². The number of ether oxygens (including phenoxy) is 1. The highest BCUT2D eigenvalue weighted by molar-refractivity contribution is 9.10. The summed E-state index contributed by atoms with van der Waals surface area (Å²) in [7, 11) is 0. The molecule has 1 unspecified atom stereocenters. The van der Waals surface area contributed by atoms with E-state index in [0.29, 0.717) is 0 Å². The van der Waals surface area contributed by atoms with Gasteiger partial charge in [0.15, 0.2) is 0 Å². The standard InChI is InChI=1S/C22H23BrO2/c1-5-14(2)21(24)25-22(3,4)19-11-10-17-12-15-8-6-7-9-16(15)13-18(17)20(19)23/h6-14H,5H2,1-4H3. The topological polar surface area (TPSA) is 26.3 Å². The molecule has 0 saturated carbocycles. The van der Waals surface area contributed by atoms with Gasteiger partial charge in [-0.25, -0.2) is 0 Å². The molecule has 3 aromatic rings. The average molecular weight is 399 g/mol. The lowest BCUT2D eigenvalue weighted by Gasteiger charge is -2.28. The third-order valence-corrected chi connectivity index (χ3v) is 5.69. The monoisotopic (exact) mass is 398 g/mol. The minimum Gasteiger partial charge on any atom is -0.455 e. The fourth-order valence-electron chi connectivity index (χ4n) is 3.02. The molecule has 0 saturated heterocycles. The first kappa shape index (κ1) is 17.9. The summed E-state index contributed by atoms with van der Waals surface area (Å²) in [4.78, 5) is 12.3. The van der Waals surface area contributed by atoms with Gasteiger partial charge in [0.25, 0.3) is 0 Å². The van der Waals surface area contributed by atoms with Crippen LogP contribution in [0.1, 0.15) is 39.7 Å². The van der Waals surface area contributed by atoms with E-state index in [-0.39, 0.29) is 11.9 Å². The van der Waals surface area contributed by atoms with Gasteiger partial charge in [0.2, 0.25) is 0 Å². The van der Waals surface area contributed by atoms with Crippen molar-refractivity contribution >= 4 is 43.4 Å². The zero-order valence-electron chi connectivity index (χ0n) is 15.1. The maximum absolute atomic E-state index is 12.3.